The molecule has 1 aromatic heterocycles. The zero-order chi connectivity index (χ0) is 16.6. The molecule has 23 heavy (non-hydrogen) atoms. The Kier molecular flexibility index (Phi) is 4.25. The van der Waals surface area contributed by atoms with Crippen LogP contribution in [-0.4, -0.2) is 20.1 Å². The van der Waals surface area contributed by atoms with Crippen molar-refractivity contribution in [2.75, 3.05) is 19.5 Å². The molecule has 0 spiro atoms. The van der Waals surface area contributed by atoms with Crippen LogP contribution in [-0.2, 0) is 18.4 Å². The van der Waals surface area contributed by atoms with E-state index in [1.807, 2.05) is 24.4 Å². The number of rotatable bonds is 4. The van der Waals surface area contributed by atoms with Crippen molar-refractivity contribution in [3.8, 4) is 0 Å². The van der Waals surface area contributed by atoms with Crippen LogP contribution in [0.15, 0.2) is 29.6 Å². The van der Waals surface area contributed by atoms with Crippen LogP contribution >= 0.6 is 18.9 Å². The Balaban J connectivity index is 2.10. The van der Waals surface area contributed by atoms with Crippen LogP contribution in [0.3, 0.4) is 0 Å². The molecular weight excluding hydrogens is 333 g/mol. The van der Waals surface area contributed by atoms with Crippen LogP contribution in [0.5, 0.6) is 0 Å². The number of thiophene rings is 1. The van der Waals surface area contributed by atoms with Gasteiger partial charge in [-0.2, -0.15) is 0 Å². The standard InChI is InChI=1S/C16H16NO4PS/c1-10-6-12(23-9-10)8-14-13-7-11(22(19,20-2)21-3)4-5-15(13)17-16(14)18/h4-9H,1-3H3,(H,17,18)/b14-8-. The van der Waals surface area contributed by atoms with Crippen LogP contribution in [0.2, 0.25) is 0 Å². The third-order valence-corrected chi connectivity index (χ3v) is 6.49. The number of carbonyl (C=O) groups excluding carboxylic acids is 1. The molecule has 0 unspecified atom stereocenters. The maximum absolute atomic E-state index is 12.5. The van der Waals surface area contributed by atoms with Gasteiger partial charge in [0.15, 0.2) is 0 Å². The summed E-state index contributed by atoms with van der Waals surface area (Å²) in [6, 6.07) is 7.06. The van der Waals surface area contributed by atoms with E-state index < -0.39 is 7.60 Å². The highest BCUT2D eigenvalue weighted by Crippen LogP contribution is 2.46. The summed E-state index contributed by atoms with van der Waals surface area (Å²) in [7, 11) is -0.675. The Morgan fingerprint density at radius 1 is 1.22 bits per heavy atom. The summed E-state index contributed by atoms with van der Waals surface area (Å²) in [5.74, 6) is -0.173. The maximum Gasteiger partial charge on any atom is 0.360 e. The van der Waals surface area contributed by atoms with Crippen molar-refractivity contribution in [2.24, 2.45) is 0 Å². The van der Waals surface area contributed by atoms with Crippen molar-refractivity contribution in [1.82, 2.24) is 0 Å². The van der Waals surface area contributed by atoms with E-state index in [1.54, 1.807) is 29.5 Å². The lowest BCUT2D eigenvalue weighted by molar-refractivity contribution is -0.110. The van der Waals surface area contributed by atoms with Crippen LogP contribution in [0.25, 0.3) is 11.6 Å². The lowest BCUT2D eigenvalue weighted by Crippen LogP contribution is -2.08. The monoisotopic (exact) mass is 349 g/mol. The van der Waals surface area contributed by atoms with E-state index >= 15 is 0 Å². The van der Waals surface area contributed by atoms with Gasteiger partial charge in [0.1, 0.15) is 0 Å². The van der Waals surface area contributed by atoms with Gasteiger partial charge >= 0.3 is 7.60 Å². The summed E-state index contributed by atoms with van der Waals surface area (Å²) >= 11 is 1.57. The van der Waals surface area contributed by atoms with Crippen LogP contribution in [0, 0.1) is 6.92 Å². The Hall–Kier alpha value is -1.72. The van der Waals surface area contributed by atoms with E-state index in [-0.39, 0.29) is 5.91 Å². The topological polar surface area (TPSA) is 64.6 Å². The zero-order valence-corrected chi connectivity index (χ0v) is 14.7. The second-order valence-corrected chi connectivity index (χ2v) is 8.32. The lowest BCUT2D eigenvalue weighted by atomic mass is 10.1. The molecule has 7 heteroatoms. The molecule has 0 aliphatic carbocycles. The fraction of sp³-hybridized carbons (Fsp3) is 0.188. The first-order valence-corrected chi connectivity index (χ1v) is 9.34. The molecule has 2 aromatic rings. The van der Waals surface area contributed by atoms with Crippen molar-refractivity contribution in [1.29, 1.82) is 0 Å². The maximum atomic E-state index is 12.5. The number of carbonyl (C=O) groups is 1. The van der Waals surface area contributed by atoms with Crippen LogP contribution in [0.4, 0.5) is 5.69 Å². The molecule has 0 radical (unpaired) electrons. The highest BCUT2D eigenvalue weighted by molar-refractivity contribution is 7.62. The summed E-state index contributed by atoms with van der Waals surface area (Å²) in [5.41, 5.74) is 3.09. The highest BCUT2D eigenvalue weighted by atomic mass is 32.1. The van der Waals surface area contributed by atoms with Gasteiger partial charge in [0.2, 0.25) is 0 Å². The molecule has 1 aliphatic heterocycles. The van der Waals surface area contributed by atoms with Crippen molar-refractivity contribution >= 4 is 47.5 Å². The molecule has 0 saturated carbocycles. The first-order chi connectivity index (χ1) is 11.0. The molecule has 0 atom stereocenters. The summed E-state index contributed by atoms with van der Waals surface area (Å²) in [6.45, 7) is 2.01. The van der Waals surface area contributed by atoms with Gasteiger partial charge in [-0.05, 0) is 48.2 Å². The lowest BCUT2D eigenvalue weighted by Gasteiger charge is -2.14. The third kappa shape index (κ3) is 2.91. The number of amides is 1. The molecule has 5 nitrogen and oxygen atoms in total. The quantitative estimate of drug-likeness (QED) is 0.676. The van der Waals surface area contributed by atoms with Gasteiger partial charge in [0, 0.05) is 30.3 Å². The summed E-state index contributed by atoms with van der Waals surface area (Å²) in [4.78, 5) is 13.2. The number of benzene rings is 1. The number of nitrogens with one attached hydrogen (secondary N) is 1. The Labute approximate surface area is 138 Å². The highest BCUT2D eigenvalue weighted by Gasteiger charge is 2.30. The van der Waals surface area contributed by atoms with Gasteiger partial charge in [-0.3, -0.25) is 9.36 Å². The molecule has 0 fully saturated rings. The summed E-state index contributed by atoms with van der Waals surface area (Å²) in [6.07, 6.45) is 1.84. The van der Waals surface area contributed by atoms with Crippen LogP contribution in [0.1, 0.15) is 16.0 Å². The molecule has 0 bridgehead atoms. The fourth-order valence-electron chi connectivity index (χ4n) is 2.45. The number of fused-ring (bicyclic) bond motifs is 1. The van der Waals surface area contributed by atoms with Gasteiger partial charge in [-0.25, -0.2) is 0 Å². The molecule has 2 heterocycles. The number of anilines is 1. The zero-order valence-electron chi connectivity index (χ0n) is 13.0. The predicted molar refractivity (Wildman–Crippen MR) is 93.3 cm³/mol. The number of aryl methyl sites for hydroxylation is 1. The van der Waals surface area contributed by atoms with Crippen LogP contribution < -0.4 is 10.6 Å². The molecular formula is C16H16NO4PS. The Morgan fingerprint density at radius 3 is 2.57 bits per heavy atom. The SMILES string of the molecule is COP(=O)(OC)c1ccc2c(c1)/C(=C/c1cc(C)cs1)C(=O)N2. The molecule has 120 valence electrons. The van der Waals surface area contributed by atoms with Crippen molar-refractivity contribution < 1.29 is 18.4 Å². The summed E-state index contributed by atoms with van der Waals surface area (Å²) < 4.78 is 22.6. The van der Waals surface area contributed by atoms with Crippen molar-refractivity contribution in [2.45, 2.75) is 6.92 Å². The van der Waals surface area contributed by atoms with Gasteiger partial charge in [0.25, 0.3) is 5.91 Å². The minimum absolute atomic E-state index is 0.173. The summed E-state index contributed by atoms with van der Waals surface area (Å²) in [5, 5.41) is 5.27. The molecule has 3 rings (SSSR count). The second kappa shape index (κ2) is 6.06. The second-order valence-electron chi connectivity index (χ2n) is 5.13. The van der Waals surface area contributed by atoms with E-state index in [9.17, 15) is 9.36 Å². The largest absolute Gasteiger partial charge is 0.360 e. The fourth-order valence-corrected chi connectivity index (χ4v) is 4.39. The van der Waals surface area contributed by atoms with Crippen molar-refractivity contribution in [3.05, 3.63) is 45.6 Å². The minimum Gasteiger partial charge on any atom is -0.321 e. The number of hydrogen-bond acceptors (Lipinski definition) is 5. The van der Waals surface area contributed by atoms with Gasteiger partial charge in [-0.1, -0.05) is 0 Å². The van der Waals surface area contributed by atoms with E-state index in [1.165, 1.54) is 14.2 Å². The van der Waals surface area contributed by atoms with Gasteiger partial charge in [0.05, 0.1) is 10.9 Å². The average molecular weight is 349 g/mol. The minimum atomic E-state index is -3.35. The normalized spacial score (nSPS) is 15.8. The first-order valence-electron chi connectivity index (χ1n) is 6.91. The smallest absolute Gasteiger partial charge is 0.321 e. The molecule has 1 N–H and O–H groups in total. The van der Waals surface area contributed by atoms with E-state index in [4.69, 9.17) is 9.05 Å². The average Bonchev–Trinajstić information content (AvgIpc) is 3.10. The molecule has 0 saturated heterocycles. The van der Waals surface area contributed by atoms with Crippen molar-refractivity contribution in [3.63, 3.8) is 0 Å². The van der Waals surface area contributed by atoms with Gasteiger partial charge in [-0.15, -0.1) is 11.3 Å². The molecule has 1 amide bonds. The molecule has 1 aliphatic rings. The van der Waals surface area contributed by atoms with E-state index in [0.717, 1.165) is 10.4 Å². The number of hydrogen-bond donors (Lipinski definition) is 1. The predicted octanol–water partition coefficient (Wildman–Crippen LogP) is 3.66. The first kappa shape index (κ1) is 16.1. The van der Waals surface area contributed by atoms with Gasteiger partial charge < -0.3 is 14.4 Å². The van der Waals surface area contributed by atoms with E-state index in [2.05, 4.69) is 5.32 Å². The third-order valence-electron chi connectivity index (χ3n) is 3.62. The van der Waals surface area contributed by atoms with E-state index in [0.29, 0.717) is 22.1 Å². The molecule has 1 aromatic carbocycles. The Bertz CT molecular complexity index is 848. The Morgan fingerprint density at radius 2 is 1.96 bits per heavy atom.